The van der Waals surface area contributed by atoms with Gasteiger partial charge in [0.2, 0.25) is 5.91 Å². The summed E-state index contributed by atoms with van der Waals surface area (Å²) in [6, 6.07) is 24.9. The Morgan fingerprint density at radius 2 is 1.36 bits per heavy atom. The summed E-state index contributed by atoms with van der Waals surface area (Å²) in [4.78, 5) is 61.5. The lowest BCUT2D eigenvalue weighted by Crippen LogP contribution is -2.29. The van der Waals surface area contributed by atoms with E-state index < -0.39 is 0 Å². The summed E-state index contributed by atoms with van der Waals surface area (Å²) in [6.45, 7) is 0. The lowest BCUT2D eigenvalue weighted by atomic mass is 10.1. The van der Waals surface area contributed by atoms with Crippen molar-refractivity contribution in [2.75, 3.05) is 21.7 Å². The summed E-state index contributed by atoms with van der Waals surface area (Å²) in [5.41, 5.74) is 4.13. The number of thioether (sulfide) groups is 2. The Bertz CT molecular complexity index is 2130. The second kappa shape index (κ2) is 12.5. The van der Waals surface area contributed by atoms with E-state index in [0.717, 1.165) is 29.2 Å². The molecule has 13 heteroatoms. The summed E-state index contributed by atoms with van der Waals surface area (Å²) in [5, 5.41) is 2.94. The zero-order valence-corrected chi connectivity index (χ0v) is 27.8. The average molecular weight is 732 g/mol. The van der Waals surface area contributed by atoms with Gasteiger partial charge in [-0.3, -0.25) is 19.2 Å². The van der Waals surface area contributed by atoms with Crippen LogP contribution in [0, 0.1) is 0 Å². The zero-order valence-electron chi connectivity index (χ0n) is 23.0. The minimum absolute atomic E-state index is 0.0357. The number of carbonyl (C=O) groups excluding carboxylic acids is 4. The van der Waals surface area contributed by atoms with E-state index in [1.165, 1.54) is 51.1 Å². The van der Waals surface area contributed by atoms with Gasteiger partial charge < -0.3 is 5.32 Å². The van der Waals surface area contributed by atoms with Gasteiger partial charge in [0.15, 0.2) is 14.5 Å². The quantitative estimate of drug-likeness (QED) is 0.0902. The second-order valence-electron chi connectivity index (χ2n) is 9.84. The zero-order chi connectivity index (χ0) is 31.1. The molecule has 3 heterocycles. The van der Waals surface area contributed by atoms with E-state index in [1.54, 1.807) is 54.6 Å². The second-order valence-corrected chi connectivity index (χ2v) is 15.3. The molecule has 0 saturated carbocycles. The molecule has 0 spiro atoms. The van der Waals surface area contributed by atoms with Gasteiger partial charge in [0, 0.05) is 15.7 Å². The number of fused-ring (bicyclic) bond motifs is 3. The maximum absolute atomic E-state index is 12.9. The molecule has 0 radical (unpaired) electrons. The fourth-order valence-electron chi connectivity index (χ4n) is 4.73. The van der Waals surface area contributed by atoms with E-state index in [9.17, 15) is 19.2 Å². The van der Waals surface area contributed by atoms with Crippen molar-refractivity contribution in [3.8, 4) is 0 Å². The molecule has 0 saturated heterocycles. The van der Waals surface area contributed by atoms with Crippen LogP contribution in [0.1, 0.15) is 31.1 Å². The largest absolute Gasteiger partial charge is 0.325 e. The van der Waals surface area contributed by atoms with Gasteiger partial charge in [-0.25, -0.2) is 14.9 Å². The van der Waals surface area contributed by atoms with Crippen LogP contribution in [0.2, 0.25) is 0 Å². The molecule has 0 aliphatic carbocycles. The molecule has 8 nitrogen and oxygen atoms in total. The smallest absolute Gasteiger partial charge is 0.266 e. The first-order valence-electron chi connectivity index (χ1n) is 13.5. The van der Waals surface area contributed by atoms with Gasteiger partial charge in [-0.2, -0.15) is 0 Å². The molecule has 1 aliphatic rings. The summed E-state index contributed by atoms with van der Waals surface area (Å²) >= 11 is 8.98. The van der Waals surface area contributed by atoms with E-state index in [0.29, 0.717) is 32.4 Å². The van der Waals surface area contributed by atoms with Crippen LogP contribution in [0.4, 0.5) is 11.4 Å². The van der Waals surface area contributed by atoms with Crippen molar-refractivity contribution in [3.05, 3.63) is 106 Å². The molecule has 7 rings (SSSR count). The Morgan fingerprint density at radius 1 is 0.756 bits per heavy atom. The highest BCUT2D eigenvalue weighted by atomic mass is 79.9. The van der Waals surface area contributed by atoms with E-state index in [1.807, 2.05) is 30.3 Å². The first-order valence-corrected chi connectivity index (χ1v) is 17.9. The van der Waals surface area contributed by atoms with Crippen LogP contribution < -0.4 is 10.2 Å². The number of ketones is 1. The molecule has 6 aromatic rings. The maximum atomic E-state index is 12.9. The minimum Gasteiger partial charge on any atom is -0.325 e. The number of imide groups is 1. The number of rotatable bonds is 9. The molecule has 1 N–H and O–H groups in total. The third-order valence-corrected chi connectivity index (χ3v) is 11.7. The number of carbonyl (C=O) groups is 4. The summed E-state index contributed by atoms with van der Waals surface area (Å²) in [7, 11) is 0. The van der Waals surface area contributed by atoms with Crippen molar-refractivity contribution < 1.29 is 19.2 Å². The van der Waals surface area contributed by atoms with Crippen molar-refractivity contribution in [3.63, 3.8) is 0 Å². The van der Waals surface area contributed by atoms with E-state index in [4.69, 9.17) is 0 Å². The third-order valence-electron chi connectivity index (χ3n) is 6.88. The number of thiazole rings is 2. The van der Waals surface area contributed by atoms with Crippen molar-refractivity contribution in [2.45, 2.75) is 8.68 Å². The van der Waals surface area contributed by atoms with Gasteiger partial charge in [0.1, 0.15) is 0 Å². The Hall–Kier alpha value is -3.88. The fraction of sp³-hybridized carbons (Fsp3) is 0.0625. The third kappa shape index (κ3) is 6.18. The van der Waals surface area contributed by atoms with Crippen molar-refractivity contribution >= 4 is 117 Å². The highest BCUT2D eigenvalue weighted by Crippen LogP contribution is 2.35. The van der Waals surface area contributed by atoms with E-state index in [2.05, 4.69) is 31.2 Å². The lowest BCUT2D eigenvalue weighted by molar-refractivity contribution is -0.113. The molecule has 4 aromatic carbocycles. The highest BCUT2D eigenvalue weighted by Gasteiger charge is 2.36. The average Bonchev–Trinajstić information content (AvgIpc) is 3.72. The van der Waals surface area contributed by atoms with Crippen molar-refractivity contribution in [1.29, 1.82) is 0 Å². The number of Topliss-reactive ketones (excluding diaryl/α,β-unsaturated/α-hetero) is 1. The van der Waals surface area contributed by atoms with E-state index >= 15 is 0 Å². The van der Waals surface area contributed by atoms with Crippen molar-refractivity contribution in [1.82, 2.24) is 9.97 Å². The number of nitrogens with zero attached hydrogens (tertiary/aromatic N) is 3. The van der Waals surface area contributed by atoms with Gasteiger partial charge in [-0.05, 0) is 60.7 Å². The SMILES string of the molecule is O=C(CSc1nc2ccc(N3C(=O)c4ccccc4C3=O)cc2s1)Nc1ccc2nc(SCC(=O)c3ccc(Br)cc3)sc2c1. The molecule has 0 unspecified atom stereocenters. The predicted octanol–water partition coefficient (Wildman–Crippen LogP) is 8.17. The van der Waals surface area contributed by atoms with E-state index in [-0.39, 0.29) is 35.0 Å². The fourth-order valence-corrected chi connectivity index (χ4v) is 8.90. The number of halogens is 1. The Morgan fingerprint density at radius 3 is 2.02 bits per heavy atom. The molecule has 0 atom stereocenters. The van der Waals surface area contributed by atoms with Crippen LogP contribution in [0.5, 0.6) is 0 Å². The summed E-state index contributed by atoms with van der Waals surface area (Å²) in [6.07, 6.45) is 0. The van der Waals surface area contributed by atoms with Crippen LogP contribution in [0.3, 0.4) is 0 Å². The lowest BCUT2D eigenvalue weighted by Gasteiger charge is -2.13. The highest BCUT2D eigenvalue weighted by molar-refractivity contribution is 9.10. The number of aromatic nitrogens is 2. The van der Waals surface area contributed by atoms with Gasteiger partial charge >= 0.3 is 0 Å². The number of amides is 3. The first-order chi connectivity index (χ1) is 21.8. The molecule has 3 amide bonds. The topological polar surface area (TPSA) is 109 Å². The molecule has 45 heavy (non-hydrogen) atoms. The molecular weight excluding hydrogens is 713 g/mol. The number of nitrogens with one attached hydrogen (secondary N) is 1. The van der Waals surface area contributed by atoms with Gasteiger partial charge in [-0.1, -0.05) is 63.7 Å². The first kappa shape index (κ1) is 29.8. The maximum Gasteiger partial charge on any atom is 0.266 e. The number of hydrogen-bond acceptors (Lipinski definition) is 10. The summed E-state index contributed by atoms with van der Waals surface area (Å²) < 4.78 is 4.15. The summed E-state index contributed by atoms with van der Waals surface area (Å²) in [5.74, 6) is -0.380. The Kier molecular flexibility index (Phi) is 8.27. The molecule has 222 valence electrons. The predicted molar refractivity (Wildman–Crippen MR) is 185 cm³/mol. The van der Waals surface area contributed by atoms with Crippen LogP contribution in [0.15, 0.2) is 98.1 Å². The van der Waals surface area contributed by atoms with Crippen molar-refractivity contribution in [2.24, 2.45) is 0 Å². The van der Waals surface area contributed by atoms with Gasteiger partial charge in [0.05, 0.1) is 48.8 Å². The monoisotopic (exact) mass is 730 g/mol. The normalized spacial score (nSPS) is 12.7. The van der Waals surface area contributed by atoms with Gasteiger partial charge in [0.25, 0.3) is 11.8 Å². The molecule has 1 aliphatic heterocycles. The number of anilines is 2. The molecule has 0 bridgehead atoms. The Labute approximate surface area is 281 Å². The Balaban J connectivity index is 0.963. The molecule has 2 aromatic heterocycles. The van der Waals surface area contributed by atoms with Crippen LogP contribution in [-0.2, 0) is 4.79 Å². The molecule has 0 fully saturated rings. The van der Waals surface area contributed by atoms with Crippen LogP contribution in [0.25, 0.3) is 20.4 Å². The number of hydrogen-bond donors (Lipinski definition) is 1. The van der Waals surface area contributed by atoms with Crippen LogP contribution in [-0.4, -0.2) is 45.0 Å². The minimum atomic E-state index is -0.343. The van der Waals surface area contributed by atoms with Crippen LogP contribution >= 0.6 is 62.1 Å². The standard InChI is InChI=1S/C32H19BrN4O4S4/c33-18-7-5-17(6-8-18)25(38)15-42-31-35-23-11-9-19(13-26(23)44-31)34-28(39)16-43-32-36-24-12-10-20(14-27(24)45-32)37-29(40)21-3-1-2-4-22(21)30(37)41/h1-14H,15-16H2,(H,34,39). The molecular formula is C32H19BrN4O4S4. The van der Waals surface area contributed by atoms with Gasteiger partial charge in [-0.15, -0.1) is 22.7 Å². The number of benzene rings is 4.